The smallest absolute Gasteiger partial charge is 0.179 e. The van der Waals surface area contributed by atoms with E-state index in [4.69, 9.17) is 15.0 Å². The first kappa shape index (κ1) is 38.7. The lowest BCUT2D eigenvalue weighted by Crippen LogP contribution is -2.74. The molecule has 0 atom stereocenters. The van der Waals surface area contributed by atoms with Crippen molar-refractivity contribution in [2.45, 2.75) is 19.3 Å². The highest BCUT2D eigenvalue weighted by atomic mass is 28.3. The zero-order valence-electron chi connectivity index (χ0n) is 36.2. The van der Waals surface area contributed by atoms with Gasteiger partial charge in [-0.05, 0) is 55.6 Å². The molecule has 0 amide bonds. The molecule has 5 heteroatoms. The van der Waals surface area contributed by atoms with Gasteiger partial charge in [0.2, 0.25) is 0 Å². The molecule has 9 aromatic carbocycles. The third-order valence-electron chi connectivity index (χ3n) is 13.6. The van der Waals surface area contributed by atoms with Crippen molar-refractivity contribution in [2.75, 3.05) is 0 Å². The van der Waals surface area contributed by atoms with Crippen LogP contribution >= 0.6 is 0 Å². The molecule has 0 N–H and O–H groups in total. The summed E-state index contributed by atoms with van der Waals surface area (Å²) in [4.78, 5) is 15.9. The van der Waals surface area contributed by atoms with Crippen molar-refractivity contribution >= 4 is 50.6 Å². The van der Waals surface area contributed by atoms with Crippen molar-refractivity contribution in [2.24, 2.45) is 0 Å². The summed E-state index contributed by atoms with van der Waals surface area (Å²) in [7, 11) is -2.82. The summed E-state index contributed by atoms with van der Waals surface area (Å²) in [5.41, 5.74) is 11.4. The van der Waals surface area contributed by atoms with Crippen LogP contribution in [0.4, 0.5) is 0 Å². The molecule has 1 aliphatic rings. The molecule has 0 bridgehead atoms. The molecule has 0 spiro atoms. The Labute approximate surface area is 380 Å². The maximum atomic E-state index is 5.38. The average molecular weight is 849 g/mol. The molecule has 4 nitrogen and oxygen atoms in total. The van der Waals surface area contributed by atoms with Gasteiger partial charge in [0.15, 0.2) is 25.5 Å². The van der Waals surface area contributed by atoms with Crippen LogP contribution in [0, 0.1) is 0 Å². The molecule has 0 radical (unpaired) electrons. The number of rotatable bonds is 8. The first-order valence-electron chi connectivity index (χ1n) is 22.4. The predicted octanol–water partition coefficient (Wildman–Crippen LogP) is 11.7. The van der Waals surface area contributed by atoms with Gasteiger partial charge in [-0.25, -0.2) is 15.0 Å². The van der Waals surface area contributed by atoms with Crippen molar-refractivity contribution in [1.82, 2.24) is 19.5 Å². The van der Waals surface area contributed by atoms with Gasteiger partial charge in [0.25, 0.3) is 0 Å². The number of aromatic nitrogens is 4. The van der Waals surface area contributed by atoms with E-state index in [1.807, 2.05) is 18.2 Å². The summed E-state index contributed by atoms with van der Waals surface area (Å²) < 4.78 is 2.45. The van der Waals surface area contributed by atoms with Crippen molar-refractivity contribution in [3.63, 3.8) is 0 Å². The van der Waals surface area contributed by atoms with Crippen molar-refractivity contribution in [3.8, 4) is 51.0 Å². The fraction of sp³-hybridized carbons (Fsp3) is 0.0500. The lowest BCUT2D eigenvalue weighted by molar-refractivity contribution is 0.661. The molecule has 308 valence electrons. The maximum Gasteiger partial charge on any atom is 0.179 e. The first-order valence-corrected chi connectivity index (χ1v) is 24.4. The van der Waals surface area contributed by atoms with Crippen molar-refractivity contribution in [3.05, 3.63) is 242 Å². The van der Waals surface area contributed by atoms with E-state index in [2.05, 4.69) is 231 Å². The SMILES string of the molecule is CC1(C)c2ccccc2-c2c1ccc1c3ccccc3n(-c3cccc(-c4nc(-c5ccccc5)nc(-c5cccc([Si](c6ccccc6)(c6ccccc6)c6ccccc6)c5)n4)c3)c21. The van der Waals surface area contributed by atoms with E-state index in [9.17, 15) is 0 Å². The lowest BCUT2D eigenvalue weighted by Gasteiger charge is -2.34. The van der Waals surface area contributed by atoms with E-state index >= 15 is 0 Å². The van der Waals surface area contributed by atoms with Gasteiger partial charge in [0, 0.05) is 44.1 Å². The Bertz CT molecular complexity index is 3470. The number of hydrogen-bond acceptors (Lipinski definition) is 3. The third kappa shape index (κ3) is 6.15. The molecule has 0 fully saturated rings. The zero-order chi connectivity index (χ0) is 43.5. The zero-order valence-corrected chi connectivity index (χ0v) is 37.2. The summed E-state index contributed by atoms with van der Waals surface area (Å²) in [6.07, 6.45) is 0. The van der Waals surface area contributed by atoms with E-state index in [0.717, 1.165) is 27.9 Å². The van der Waals surface area contributed by atoms with Gasteiger partial charge in [0.1, 0.15) is 0 Å². The molecule has 2 aromatic heterocycles. The molecule has 11 aromatic rings. The van der Waals surface area contributed by atoms with Gasteiger partial charge < -0.3 is 4.57 Å². The number of para-hydroxylation sites is 1. The summed E-state index contributed by atoms with van der Waals surface area (Å²) >= 11 is 0. The van der Waals surface area contributed by atoms with Crippen LogP contribution in [0.3, 0.4) is 0 Å². The third-order valence-corrected chi connectivity index (χ3v) is 18.4. The second-order valence-electron chi connectivity index (χ2n) is 17.6. The molecular formula is C60H44N4Si. The fourth-order valence-electron chi connectivity index (χ4n) is 10.6. The number of hydrogen-bond donors (Lipinski definition) is 0. The quantitative estimate of drug-likeness (QED) is 0.113. The van der Waals surface area contributed by atoms with E-state index in [1.165, 1.54) is 59.3 Å². The summed E-state index contributed by atoms with van der Waals surface area (Å²) in [6.45, 7) is 4.70. The van der Waals surface area contributed by atoms with Gasteiger partial charge in [-0.2, -0.15) is 0 Å². The molecule has 65 heavy (non-hydrogen) atoms. The van der Waals surface area contributed by atoms with Gasteiger partial charge in [-0.1, -0.05) is 226 Å². The van der Waals surface area contributed by atoms with Crippen LogP contribution in [-0.2, 0) is 5.41 Å². The Balaban J connectivity index is 1.07. The normalized spacial score (nSPS) is 12.9. The van der Waals surface area contributed by atoms with Crippen LogP contribution in [0.25, 0.3) is 72.8 Å². The Morgan fingerprint density at radius 3 is 1.52 bits per heavy atom. The molecular weight excluding hydrogens is 805 g/mol. The molecule has 0 unspecified atom stereocenters. The number of nitrogens with zero attached hydrogens (tertiary/aromatic N) is 4. The number of benzene rings is 9. The topological polar surface area (TPSA) is 43.6 Å². The van der Waals surface area contributed by atoms with Crippen LogP contribution in [0.5, 0.6) is 0 Å². The molecule has 0 aliphatic heterocycles. The van der Waals surface area contributed by atoms with Crippen molar-refractivity contribution < 1.29 is 0 Å². The predicted molar refractivity (Wildman–Crippen MR) is 272 cm³/mol. The van der Waals surface area contributed by atoms with Crippen LogP contribution in [-0.4, -0.2) is 27.6 Å². The van der Waals surface area contributed by atoms with E-state index in [1.54, 1.807) is 0 Å². The molecule has 1 aliphatic carbocycles. The van der Waals surface area contributed by atoms with Crippen LogP contribution < -0.4 is 20.7 Å². The van der Waals surface area contributed by atoms with Crippen LogP contribution in [0.1, 0.15) is 25.0 Å². The summed E-state index contributed by atoms with van der Waals surface area (Å²) in [5.74, 6) is 1.88. The highest BCUT2D eigenvalue weighted by Crippen LogP contribution is 2.52. The highest BCUT2D eigenvalue weighted by Gasteiger charge is 2.42. The minimum Gasteiger partial charge on any atom is -0.309 e. The summed E-state index contributed by atoms with van der Waals surface area (Å²) in [6, 6.07) is 83.4. The van der Waals surface area contributed by atoms with Gasteiger partial charge in [0.05, 0.1) is 11.0 Å². The first-order chi connectivity index (χ1) is 32.0. The second-order valence-corrected chi connectivity index (χ2v) is 21.4. The second kappa shape index (κ2) is 15.4. The molecule has 12 rings (SSSR count). The Hall–Kier alpha value is -7.99. The van der Waals surface area contributed by atoms with Gasteiger partial charge in [-0.15, -0.1) is 0 Å². The lowest BCUT2D eigenvalue weighted by atomic mass is 9.82. The maximum absolute atomic E-state index is 5.38. The molecule has 0 saturated heterocycles. The monoisotopic (exact) mass is 848 g/mol. The van der Waals surface area contributed by atoms with E-state index in [-0.39, 0.29) is 5.41 Å². The summed E-state index contributed by atoms with van der Waals surface area (Å²) in [5, 5.41) is 7.67. The molecule has 2 heterocycles. The Morgan fingerprint density at radius 1 is 0.385 bits per heavy atom. The highest BCUT2D eigenvalue weighted by molar-refractivity contribution is 7.19. The van der Waals surface area contributed by atoms with E-state index in [0.29, 0.717) is 17.5 Å². The average Bonchev–Trinajstić information content (AvgIpc) is 3.84. The van der Waals surface area contributed by atoms with Gasteiger partial charge in [-0.3, -0.25) is 0 Å². The Morgan fingerprint density at radius 2 is 0.877 bits per heavy atom. The van der Waals surface area contributed by atoms with E-state index < -0.39 is 8.07 Å². The minimum absolute atomic E-state index is 0.124. The fourth-order valence-corrected chi connectivity index (χ4v) is 15.4. The number of fused-ring (bicyclic) bond motifs is 7. The van der Waals surface area contributed by atoms with Gasteiger partial charge >= 0.3 is 0 Å². The van der Waals surface area contributed by atoms with Crippen molar-refractivity contribution in [1.29, 1.82) is 0 Å². The molecule has 0 saturated carbocycles. The standard InChI is InChI=1S/C60H44N4Si/c1-60(2)52-35-17-15-34-51(52)55-53(60)38-37-50-49-33-16-18-36-54(49)64(56(50)55)44-25-19-23-42(39-44)58-61-57(41-21-7-3-8-22-41)62-59(63-58)43-24-20-32-48(40-43)65(45-26-9-4-10-27-45,46-28-11-5-12-29-46)47-30-13-6-14-31-47/h3-40H,1-2H3. The largest absolute Gasteiger partial charge is 0.309 e. The van der Waals surface area contributed by atoms with Crippen LogP contribution in [0.2, 0.25) is 0 Å². The minimum atomic E-state index is -2.82. The Kier molecular flexibility index (Phi) is 9.14. The van der Waals surface area contributed by atoms with Crippen LogP contribution in [0.15, 0.2) is 231 Å².